The van der Waals surface area contributed by atoms with Gasteiger partial charge in [-0.25, -0.2) is 0 Å². The summed E-state index contributed by atoms with van der Waals surface area (Å²) in [5.74, 6) is 0. The molecule has 1 heterocycles. The van der Waals surface area contributed by atoms with E-state index in [0.717, 1.165) is 17.5 Å². The van der Waals surface area contributed by atoms with E-state index in [2.05, 4.69) is 4.98 Å². The summed E-state index contributed by atoms with van der Waals surface area (Å²) in [6.45, 7) is 0. The summed E-state index contributed by atoms with van der Waals surface area (Å²) in [6.07, 6.45) is 2.46. The van der Waals surface area contributed by atoms with Crippen LogP contribution in [0.4, 0.5) is 0 Å². The molecule has 3 heteroatoms. The Kier molecular flexibility index (Phi) is 2.37. The highest BCUT2D eigenvalue weighted by Crippen LogP contribution is 2.26. The average molecular weight is 206 g/mol. The van der Waals surface area contributed by atoms with Gasteiger partial charge in [0, 0.05) is 28.0 Å². The maximum atomic E-state index is 10.5. The SMILES string of the molecule is O=Cc1c[nH]c(-c2ccccc2Cl)c1. The van der Waals surface area contributed by atoms with Crippen LogP contribution in [0.25, 0.3) is 11.3 Å². The fraction of sp³-hybridized carbons (Fsp3) is 0. The Morgan fingerprint density at radius 1 is 1.29 bits per heavy atom. The number of benzene rings is 1. The highest BCUT2D eigenvalue weighted by atomic mass is 35.5. The van der Waals surface area contributed by atoms with E-state index < -0.39 is 0 Å². The Bertz CT molecular complexity index is 462. The van der Waals surface area contributed by atoms with Crippen LogP contribution in [0.3, 0.4) is 0 Å². The van der Waals surface area contributed by atoms with Gasteiger partial charge in [0.2, 0.25) is 0 Å². The van der Waals surface area contributed by atoms with Crippen LogP contribution in [0, 0.1) is 0 Å². The number of aldehydes is 1. The third-order valence-electron chi connectivity index (χ3n) is 2.01. The number of nitrogens with one attached hydrogen (secondary N) is 1. The molecular weight excluding hydrogens is 198 g/mol. The number of carbonyl (C=O) groups is 1. The van der Waals surface area contributed by atoms with Gasteiger partial charge < -0.3 is 4.98 Å². The summed E-state index contributed by atoms with van der Waals surface area (Å²) in [5, 5.41) is 0.673. The number of halogens is 1. The van der Waals surface area contributed by atoms with Gasteiger partial charge in [-0.3, -0.25) is 4.79 Å². The van der Waals surface area contributed by atoms with Crippen LogP contribution >= 0.6 is 11.6 Å². The molecule has 0 bridgehead atoms. The largest absolute Gasteiger partial charge is 0.360 e. The van der Waals surface area contributed by atoms with Crippen LogP contribution in [0.1, 0.15) is 10.4 Å². The minimum atomic E-state index is 0.625. The van der Waals surface area contributed by atoms with Gasteiger partial charge in [-0.2, -0.15) is 0 Å². The van der Waals surface area contributed by atoms with Crippen LogP contribution in [0.5, 0.6) is 0 Å². The molecule has 1 aromatic heterocycles. The van der Waals surface area contributed by atoms with Crippen LogP contribution in [-0.2, 0) is 0 Å². The van der Waals surface area contributed by atoms with Crippen molar-refractivity contribution in [2.24, 2.45) is 0 Å². The van der Waals surface area contributed by atoms with E-state index in [1.165, 1.54) is 0 Å². The molecule has 14 heavy (non-hydrogen) atoms. The van der Waals surface area contributed by atoms with Gasteiger partial charge in [-0.1, -0.05) is 29.8 Å². The van der Waals surface area contributed by atoms with E-state index in [-0.39, 0.29) is 0 Å². The van der Waals surface area contributed by atoms with Crippen molar-refractivity contribution in [3.8, 4) is 11.3 Å². The van der Waals surface area contributed by atoms with Gasteiger partial charge in [0.25, 0.3) is 0 Å². The normalized spacial score (nSPS) is 10.1. The maximum absolute atomic E-state index is 10.5. The Labute approximate surface area is 86.5 Å². The lowest BCUT2D eigenvalue weighted by Gasteiger charge is -1.99. The number of aromatic nitrogens is 1. The summed E-state index contributed by atoms with van der Waals surface area (Å²) in [4.78, 5) is 13.5. The third-order valence-corrected chi connectivity index (χ3v) is 2.34. The van der Waals surface area contributed by atoms with E-state index in [1.807, 2.05) is 24.3 Å². The van der Waals surface area contributed by atoms with Gasteiger partial charge in [0.05, 0.1) is 0 Å². The lowest BCUT2D eigenvalue weighted by molar-refractivity contribution is 0.112. The zero-order chi connectivity index (χ0) is 9.97. The van der Waals surface area contributed by atoms with Crippen LogP contribution in [0.15, 0.2) is 36.5 Å². The molecule has 0 aliphatic heterocycles. The molecule has 0 fully saturated rings. The first-order valence-corrected chi connectivity index (χ1v) is 4.57. The van der Waals surface area contributed by atoms with Gasteiger partial charge in [0.1, 0.15) is 0 Å². The zero-order valence-electron chi connectivity index (χ0n) is 7.33. The van der Waals surface area contributed by atoms with E-state index in [1.54, 1.807) is 12.3 Å². The minimum Gasteiger partial charge on any atom is -0.360 e. The molecule has 0 saturated carbocycles. The molecular formula is C11H8ClNO. The third kappa shape index (κ3) is 1.56. The van der Waals surface area contributed by atoms with Crippen LogP contribution in [0.2, 0.25) is 5.02 Å². The fourth-order valence-electron chi connectivity index (χ4n) is 1.31. The number of hydrogen-bond acceptors (Lipinski definition) is 1. The van der Waals surface area contributed by atoms with Crippen molar-refractivity contribution in [3.63, 3.8) is 0 Å². The van der Waals surface area contributed by atoms with Crippen molar-refractivity contribution in [2.45, 2.75) is 0 Å². The first-order chi connectivity index (χ1) is 6.81. The van der Waals surface area contributed by atoms with Crippen molar-refractivity contribution in [2.75, 3.05) is 0 Å². The Morgan fingerprint density at radius 2 is 2.07 bits per heavy atom. The molecule has 0 radical (unpaired) electrons. The number of aromatic amines is 1. The first kappa shape index (κ1) is 9.03. The predicted molar refractivity (Wildman–Crippen MR) is 56.6 cm³/mol. The summed E-state index contributed by atoms with van der Waals surface area (Å²) >= 11 is 6.00. The van der Waals surface area contributed by atoms with Crippen molar-refractivity contribution >= 4 is 17.9 Å². The van der Waals surface area contributed by atoms with E-state index in [4.69, 9.17) is 11.6 Å². The van der Waals surface area contributed by atoms with Gasteiger partial charge in [0.15, 0.2) is 6.29 Å². The molecule has 0 aliphatic rings. The molecule has 70 valence electrons. The zero-order valence-corrected chi connectivity index (χ0v) is 8.08. The summed E-state index contributed by atoms with van der Waals surface area (Å²) < 4.78 is 0. The highest BCUT2D eigenvalue weighted by Gasteiger charge is 2.04. The molecule has 2 aromatic rings. The molecule has 2 rings (SSSR count). The molecule has 2 nitrogen and oxygen atoms in total. The molecule has 1 N–H and O–H groups in total. The molecule has 1 aromatic carbocycles. The second-order valence-electron chi connectivity index (χ2n) is 2.94. The standard InChI is InChI=1S/C11H8ClNO/c12-10-4-2-1-3-9(10)11-5-8(7-14)6-13-11/h1-7,13H. The lowest BCUT2D eigenvalue weighted by Crippen LogP contribution is -1.77. The topological polar surface area (TPSA) is 32.9 Å². The Morgan fingerprint density at radius 3 is 2.71 bits per heavy atom. The average Bonchev–Trinajstić information content (AvgIpc) is 2.67. The predicted octanol–water partition coefficient (Wildman–Crippen LogP) is 3.15. The number of hydrogen-bond donors (Lipinski definition) is 1. The van der Waals surface area contributed by atoms with E-state index in [9.17, 15) is 4.79 Å². The van der Waals surface area contributed by atoms with E-state index >= 15 is 0 Å². The fourth-order valence-corrected chi connectivity index (χ4v) is 1.55. The number of carbonyl (C=O) groups excluding carboxylic acids is 1. The molecule has 0 spiro atoms. The van der Waals surface area contributed by atoms with Crippen molar-refractivity contribution in [1.29, 1.82) is 0 Å². The summed E-state index contributed by atoms with van der Waals surface area (Å²) in [5.41, 5.74) is 2.39. The molecule has 0 saturated heterocycles. The van der Waals surface area contributed by atoms with Gasteiger partial charge >= 0.3 is 0 Å². The minimum absolute atomic E-state index is 0.625. The second-order valence-corrected chi connectivity index (χ2v) is 3.35. The molecule has 0 amide bonds. The lowest BCUT2D eigenvalue weighted by atomic mass is 10.1. The highest BCUT2D eigenvalue weighted by molar-refractivity contribution is 6.33. The summed E-state index contributed by atoms with van der Waals surface area (Å²) in [7, 11) is 0. The van der Waals surface area contributed by atoms with Crippen molar-refractivity contribution < 1.29 is 4.79 Å². The van der Waals surface area contributed by atoms with Gasteiger partial charge in [-0.15, -0.1) is 0 Å². The van der Waals surface area contributed by atoms with Crippen molar-refractivity contribution in [3.05, 3.63) is 47.1 Å². The molecule has 0 atom stereocenters. The van der Waals surface area contributed by atoms with Gasteiger partial charge in [-0.05, 0) is 12.1 Å². The van der Waals surface area contributed by atoms with Crippen LogP contribution in [-0.4, -0.2) is 11.3 Å². The van der Waals surface area contributed by atoms with Crippen LogP contribution < -0.4 is 0 Å². The summed E-state index contributed by atoms with van der Waals surface area (Å²) in [6, 6.07) is 9.27. The Hall–Kier alpha value is -1.54. The van der Waals surface area contributed by atoms with Crippen molar-refractivity contribution in [1.82, 2.24) is 4.98 Å². The van der Waals surface area contributed by atoms with E-state index in [0.29, 0.717) is 10.6 Å². The number of H-pyrrole nitrogens is 1. The quantitative estimate of drug-likeness (QED) is 0.751. The smallest absolute Gasteiger partial charge is 0.151 e. The Balaban J connectivity index is 2.49. The first-order valence-electron chi connectivity index (χ1n) is 4.20. The second kappa shape index (κ2) is 3.68. The monoisotopic (exact) mass is 205 g/mol. The molecule has 0 aliphatic carbocycles. The number of rotatable bonds is 2. The maximum Gasteiger partial charge on any atom is 0.151 e. The molecule has 0 unspecified atom stereocenters.